The SMILES string of the molecule is CCNc1cc(F)cc2c1Cc1ncc(-c3cnc(OC4CNC4)nc3)c(-n3ccc(C(F)(F)F)n3)c1-2. The summed E-state index contributed by atoms with van der Waals surface area (Å²) in [5.74, 6) is -0.467. The van der Waals surface area contributed by atoms with E-state index in [0.717, 1.165) is 16.3 Å². The van der Waals surface area contributed by atoms with Gasteiger partial charge in [0.15, 0.2) is 5.69 Å². The Bertz CT molecular complexity index is 1480. The molecule has 37 heavy (non-hydrogen) atoms. The van der Waals surface area contributed by atoms with Crippen LogP contribution in [0.15, 0.2) is 43.0 Å². The standard InChI is InChI=1S/C25H21F4N7O/c1-2-31-19-6-14(26)5-17-16(19)7-20-22(17)23(36-4-3-21(35-36)25(27,28)29)18(12-32-20)13-8-33-24(34-9-13)37-15-10-30-11-15/h3-6,8-9,12,15,30-31H,2,7,10-11H2,1H3. The van der Waals surface area contributed by atoms with E-state index in [9.17, 15) is 17.6 Å². The average Bonchev–Trinajstić information content (AvgIpc) is 3.47. The van der Waals surface area contributed by atoms with Gasteiger partial charge in [0.05, 0.1) is 11.4 Å². The van der Waals surface area contributed by atoms with Gasteiger partial charge in [0.1, 0.15) is 11.9 Å². The first kappa shape index (κ1) is 23.3. The number of nitrogens with zero attached hydrogens (tertiary/aromatic N) is 5. The highest BCUT2D eigenvalue weighted by Gasteiger charge is 2.35. The number of hydrogen-bond donors (Lipinski definition) is 2. The van der Waals surface area contributed by atoms with Gasteiger partial charge in [0.25, 0.3) is 0 Å². The summed E-state index contributed by atoms with van der Waals surface area (Å²) in [6, 6.07) is 3.90. The van der Waals surface area contributed by atoms with Crippen molar-refractivity contribution in [3.8, 4) is 34.0 Å². The summed E-state index contributed by atoms with van der Waals surface area (Å²) in [5, 5.41) is 10.1. The summed E-state index contributed by atoms with van der Waals surface area (Å²) in [6.45, 7) is 3.89. The van der Waals surface area contributed by atoms with E-state index in [1.54, 1.807) is 6.20 Å². The van der Waals surface area contributed by atoms with Crippen molar-refractivity contribution in [3.63, 3.8) is 0 Å². The molecule has 0 radical (unpaired) electrons. The summed E-state index contributed by atoms with van der Waals surface area (Å²) in [4.78, 5) is 13.2. The van der Waals surface area contributed by atoms with Gasteiger partial charge in [-0.15, -0.1) is 0 Å². The van der Waals surface area contributed by atoms with Crippen LogP contribution in [0.5, 0.6) is 6.01 Å². The maximum Gasteiger partial charge on any atom is 0.435 e. The minimum Gasteiger partial charge on any atom is -0.457 e. The van der Waals surface area contributed by atoms with Gasteiger partial charge in [-0.2, -0.15) is 18.3 Å². The van der Waals surface area contributed by atoms with Gasteiger partial charge in [-0.3, -0.25) is 4.98 Å². The summed E-state index contributed by atoms with van der Waals surface area (Å²) < 4.78 is 61.8. The molecule has 0 saturated carbocycles. The molecule has 1 fully saturated rings. The molecule has 1 aliphatic carbocycles. The lowest BCUT2D eigenvalue weighted by atomic mass is 9.99. The molecule has 3 aromatic heterocycles. The number of alkyl halides is 3. The maximum atomic E-state index is 14.7. The van der Waals surface area contributed by atoms with E-state index in [1.165, 1.54) is 30.7 Å². The first-order chi connectivity index (χ1) is 17.8. The quantitative estimate of drug-likeness (QED) is 0.330. The number of pyridine rings is 1. The van der Waals surface area contributed by atoms with E-state index in [-0.39, 0.29) is 12.1 Å². The Labute approximate surface area is 208 Å². The van der Waals surface area contributed by atoms with Gasteiger partial charge in [-0.25, -0.2) is 19.0 Å². The van der Waals surface area contributed by atoms with Gasteiger partial charge < -0.3 is 15.4 Å². The van der Waals surface area contributed by atoms with Crippen molar-refractivity contribution in [2.24, 2.45) is 0 Å². The lowest BCUT2D eigenvalue weighted by Crippen LogP contribution is -2.50. The molecule has 4 aromatic rings. The van der Waals surface area contributed by atoms with Crippen LogP contribution in [0, 0.1) is 5.82 Å². The molecule has 12 heteroatoms. The summed E-state index contributed by atoms with van der Waals surface area (Å²) in [6.07, 6.45) is 1.63. The van der Waals surface area contributed by atoms with Gasteiger partial charge in [-0.05, 0) is 36.2 Å². The van der Waals surface area contributed by atoms with E-state index in [2.05, 4.69) is 30.7 Å². The zero-order valence-electron chi connectivity index (χ0n) is 19.6. The maximum absolute atomic E-state index is 14.7. The van der Waals surface area contributed by atoms with Crippen molar-refractivity contribution in [2.75, 3.05) is 25.0 Å². The average molecular weight is 511 g/mol. The van der Waals surface area contributed by atoms with E-state index < -0.39 is 17.7 Å². The summed E-state index contributed by atoms with van der Waals surface area (Å²) in [7, 11) is 0. The van der Waals surface area contributed by atoms with Gasteiger partial charge >= 0.3 is 12.2 Å². The molecule has 0 spiro atoms. The van der Waals surface area contributed by atoms with Crippen LogP contribution in [0.3, 0.4) is 0 Å². The predicted octanol–water partition coefficient (Wildman–Crippen LogP) is 4.24. The Balaban J connectivity index is 1.53. The summed E-state index contributed by atoms with van der Waals surface area (Å²) >= 11 is 0. The van der Waals surface area contributed by atoms with Crippen LogP contribution < -0.4 is 15.4 Å². The number of benzene rings is 1. The van der Waals surface area contributed by atoms with Crippen molar-refractivity contribution in [2.45, 2.75) is 25.6 Å². The fourth-order valence-corrected chi connectivity index (χ4v) is 4.58. The minimum atomic E-state index is -4.62. The smallest absolute Gasteiger partial charge is 0.435 e. The molecule has 0 bridgehead atoms. The van der Waals surface area contributed by atoms with Crippen LogP contribution in [0.25, 0.3) is 27.9 Å². The van der Waals surface area contributed by atoms with Crippen LogP contribution in [0.2, 0.25) is 0 Å². The third-order valence-electron chi connectivity index (χ3n) is 6.39. The monoisotopic (exact) mass is 511 g/mol. The number of hydrogen-bond acceptors (Lipinski definition) is 7. The molecule has 190 valence electrons. The Hall–Kier alpha value is -4.06. The van der Waals surface area contributed by atoms with E-state index in [4.69, 9.17) is 4.74 Å². The van der Waals surface area contributed by atoms with E-state index in [0.29, 0.717) is 65.4 Å². The summed E-state index contributed by atoms with van der Waals surface area (Å²) in [5.41, 5.74) is 3.38. The normalized spacial score (nSPS) is 14.7. The zero-order chi connectivity index (χ0) is 25.7. The number of anilines is 1. The second-order valence-electron chi connectivity index (χ2n) is 8.82. The van der Waals surface area contributed by atoms with Crippen molar-refractivity contribution >= 4 is 5.69 Å². The van der Waals surface area contributed by atoms with Gasteiger partial charge in [-0.1, -0.05) is 0 Å². The molecule has 0 atom stereocenters. The van der Waals surface area contributed by atoms with Crippen molar-refractivity contribution < 1.29 is 22.3 Å². The molecule has 2 aliphatic rings. The third-order valence-corrected chi connectivity index (χ3v) is 6.39. The number of aromatic nitrogens is 5. The Morgan fingerprint density at radius 1 is 1.11 bits per heavy atom. The highest BCUT2D eigenvalue weighted by atomic mass is 19.4. The van der Waals surface area contributed by atoms with Gasteiger partial charge in [0, 0.05) is 73.2 Å². The molecule has 4 heterocycles. The highest BCUT2D eigenvalue weighted by Crippen LogP contribution is 2.46. The number of halogens is 4. The molecule has 0 amide bonds. The van der Waals surface area contributed by atoms with Gasteiger partial charge in [0.2, 0.25) is 0 Å². The molecule has 0 unspecified atom stereocenters. The minimum absolute atomic E-state index is 0.00902. The van der Waals surface area contributed by atoms with E-state index >= 15 is 0 Å². The fourth-order valence-electron chi connectivity index (χ4n) is 4.58. The number of nitrogens with one attached hydrogen (secondary N) is 2. The molecule has 8 nitrogen and oxygen atoms in total. The first-order valence-corrected chi connectivity index (χ1v) is 11.7. The molecular weight excluding hydrogens is 490 g/mol. The van der Waals surface area contributed by atoms with Crippen LogP contribution in [0.4, 0.5) is 23.2 Å². The molecular formula is C25H21F4N7O. The lowest BCUT2D eigenvalue weighted by Gasteiger charge is -2.26. The second kappa shape index (κ2) is 8.80. The molecule has 1 aromatic carbocycles. The zero-order valence-corrected chi connectivity index (χ0v) is 19.6. The third kappa shape index (κ3) is 4.16. The molecule has 1 saturated heterocycles. The van der Waals surface area contributed by atoms with E-state index in [1.807, 2.05) is 6.92 Å². The molecule has 6 rings (SSSR count). The van der Waals surface area contributed by atoms with Crippen molar-refractivity contribution in [3.05, 3.63) is 65.8 Å². The first-order valence-electron chi connectivity index (χ1n) is 11.7. The van der Waals surface area contributed by atoms with Crippen LogP contribution in [-0.4, -0.2) is 50.5 Å². The topological polar surface area (TPSA) is 89.8 Å². The predicted molar refractivity (Wildman–Crippen MR) is 127 cm³/mol. The lowest BCUT2D eigenvalue weighted by molar-refractivity contribution is -0.141. The molecule has 2 N–H and O–H groups in total. The molecule has 1 aliphatic heterocycles. The number of ether oxygens (including phenoxy) is 1. The largest absolute Gasteiger partial charge is 0.457 e. The Morgan fingerprint density at radius 3 is 2.54 bits per heavy atom. The Morgan fingerprint density at radius 2 is 1.89 bits per heavy atom. The fraction of sp³-hybridized carbons (Fsp3) is 0.280. The Kier molecular flexibility index (Phi) is 5.55. The van der Waals surface area contributed by atoms with Crippen LogP contribution in [0.1, 0.15) is 23.9 Å². The number of rotatable bonds is 6. The van der Waals surface area contributed by atoms with Crippen LogP contribution >= 0.6 is 0 Å². The van der Waals surface area contributed by atoms with Crippen molar-refractivity contribution in [1.82, 2.24) is 30.0 Å². The highest BCUT2D eigenvalue weighted by molar-refractivity contribution is 5.91. The van der Waals surface area contributed by atoms with Crippen LogP contribution in [-0.2, 0) is 12.6 Å². The number of fused-ring (bicyclic) bond motifs is 3. The second-order valence-corrected chi connectivity index (χ2v) is 8.82. The van der Waals surface area contributed by atoms with Crippen molar-refractivity contribution in [1.29, 1.82) is 0 Å².